The highest BCUT2D eigenvalue weighted by molar-refractivity contribution is 5.82. The van der Waals surface area contributed by atoms with E-state index in [1.54, 1.807) is 0 Å². The van der Waals surface area contributed by atoms with Crippen molar-refractivity contribution in [2.45, 2.75) is 45.6 Å². The van der Waals surface area contributed by atoms with Gasteiger partial charge in [0.05, 0.1) is 5.92 Å². The smallest absolute Gasteiger partial charge is 0.227 e. The minimum atomic E-state index is -0.579. The number of nitro groups is 1. The highest BCUT2D eigenvalue weighted by Crippen LogP contribution is 2.45. The summed E-state index contributed by atoms with van der Waals surface area (Å²) in [6, 6.07) is -0.579. The molecule has 1 aliphatic rings. The average Bonchev–Trinajstić information content (AvgIpc) is 2.79. The van der Waals surface area contributed by atoms with E-state index in [-0.39, 0.29) is 22.5 Å². The molecular formula is C10H17NO3. The van der Waals surface area contributed by atoms with Crippen LogP contribution in [0.3, 0.4) is 0 Å². The van der Waals surface area contributed by atoms with E-state index in [9.17, 15) is 14.9 Å². The molecule has 1 rings (SSSR count). The Bertz CT molecular complexity index is 220. The topological polar surface area (TPSA) is 60.2 Å². The molecule has 0 aromatic heterocycles. The number of nitrogens with zero attached hydrogens (tertiary/aromatic N) is 1. The van der Waals surface area contributed by atoms with E-state index in [4.69, 9.17) is 0 Å². The fourth-order valence-electron chi connectivity index (χ4n) is 2.17. The normalized spacial score (nSPS) is 30.0. The molecule has 0 bridgehead atoms. The lowest BCUT2D eigenvalue weighted by Crippen LogP contribution is -2.08. The summed E-state index contributed by atoms with van der Waals surface area (Å²) in [5, 5.41) is 10.6. The number of Topliss-reactive ketones (excluding diaryl/α,β-unsaturated/α-hetero) is 1. The Balaban J connectivity index is 2.38. The van der Waals surface area contributed by atoms with Crippen LogP contribution in [0.4, 0.5) is 0 Å². The minimum Gasteiger partial charge on any atom is -0.299 e. The number of unbranched alkanes of at least 4 members (excludes halogenated alkanes) is 2. The predicted octanol–water partition coefficient (Wildman–Crippen LogP) is 2.05. The number of rotatable bonds is 6. The average molecular weight is 199 g/mol. The summed E-state index contributed by atoms with van der Waals surface area (Å²) in [5.74, 6) is -0.288. The Kier molecular flexibility index (Phi) is 3.61. The van der Waals surface area contributed by atoms with Gasteiger partial charge in [0.2, 0.25) is 6.04 Å². The lowest BCUT2D eigenvalue weighted by molar-refractivity contribution is -0.500. The van der Waals surface area contributed by atoms with E-state index in [1.165, 1.54) is 6.92 Å². The van der Waals surface area contributed by atoms with Gasteiger partial charge in [-0.1, -0.05) is 26.2 Å². The van der Waals surface area contributed by atoms with Gasteiger partial charge in [0.25, 0.3) is 0 Å². The summed E-state index contributed by atoms with van der Waals surface area (Å²) >= 11 is 0. The number of carbonyl (C=O) groups is 1. The molecule has 0 aromatic rings. The maximum atomic E-state index is 11.1. The van der Waals surface area contributed by atoms with Crippen molar-refractivity contribution in [3.05, 3.63) is 10.1 Å². The molecule has 0 amide bonds. The SMILES string of the molecule is CCCCC[C@H]1[C@@H](C(C)=O)[C@@H]1[N+](=O)[O-]. The maximum Gasteiger partial charge on any atom is 0.227 e. The van der Waals surface area contributed by atoms with Gasteiger partial charge in [0.1, 0.15) is 5.78 Å². The second kappa shape index (κ2) is 4.53. The van der Waals surface area contributed by atoms with Crippen molar-refractivity contribution in [1.82, 2.24) is 0 Å². The van der Waals surface area contributed by atoms with Gasteiger partial charge < -0.3 is 0 Å². The van der Waals surface area contributed by atoms with Crippen LogP contribution in [-0.4, -0.2) is 16.7 Å². The Hall–Kier alpha value is -0.930. The zero-order valence-corrected chi connectivity index (χ0v) is 8.73. The summed E-state index contributed by atoms with van der Waals surface area (Å²) in [6.45, 7) is 3.56. The number of ketones is 1. The van der Waals surface area contributed by atoms with E-state index in [1.807, 2.05) is 0 Å². The third-order valence-electron chi connectivity index (χ3n) is 2.98. The van der Waals surface area contributed by atoms with Crippen molar-refractivity contribution in [3.8, 4) is 0 Å². The van der Waals surface area contributed by atoms with Crippen molar-refractivity contribution in [1.29, 1.82) is 0 Å². The van der Waals surface area contributed by atoms with Crippen molar-refractivity contribution < 1.29 is 9.72 Å². The van der Waals surface area contributed by atoms with E-state index in [2.05, 4.69) is 6.92 Å². The van der Waals surface area contributed by atoms with Crippen LogP contribution in [0.2, 0.25) is 0 Å². The monoisotopic (exact) mass is 199 g/mol. The second-order valence-corrected chi connectivity index (χ2v) is 4.07. The van der Waals surface area contributed by atoms with Gasteiger partial charge in [-0.3, -0.25) is 14.9 Å². The Labute approximate surface area is 83.8 Å². The highest BCUT2D eigenvalue weighted by atomic mass is 16.6. The molecule has 0 aromatic carbocycles. The summed E-state index contributed by atoms with van der Waals surface area (Å²) in [4.78, 5) is 21.3. The fraction of sp³-hybridized carbons (Fsp3) is 0.900. The second-order valence-electron chi connectivity index (χ2n) is 4.07. The van der Waals surface area contributed by atoms with E-state index in [0.717, 1.165) is 25.7 Å². The van der Waals surface area contributed by atoms with Gasteiger partial charge in [0, 0.05) is 10.8 Å². The van der Waals surface area contributed by atoms with Crippen LogP contribution in [-0.2, 0) is 4.79 Å². The number of hydrogen-bond acceptors (Lipinski definition) is 3. The molecule has 4 nitrogen and oxygen atoms in total. The molecule has 0 saturated heterocycles. The Morgan fingerprint density at radius 1 is 1.43 bits per heavy atom. The Morgan fingerprint density at radius 2 is 2.07 bits per heavy atom. The lowest BCUT2D eigenvalue weighted by atomic mass is 10.1. The lowest BCUT2D eigenvalue weighted by Gasteiger charge is -1.94. The molecule has 0 heterocycles. The van der Waals surface area contributed by atoms with Crippen molar-refractivity contribution in [2.75, 3.05) is 0 Å². The summed E-state index contributed by atoms with van der Waals surface area (Å²) < 4.78 is 0. The van der Waals surface area contributed by atoms with Crippen molar-refractivity contribution in [3.63, 3.8) is 0 Å². The van der Waals surface area contributed by atoms with Gasteiger partial charge >= 0.3 is 0 Å². The maximum absolute atomic E-state index is 11.1. The zero-order chi connectivity index (χ0) is 10.7. The first kappa shape index (κ1) is 11.1. The summed E-state index contributed by atoms with van der Waals surface area (Å²) in [6.07, 6.45) is 4.06. The molecule has 0 unspecified atom stereocenters. The zero-order valence-electron chi connectivity index (χ0n) is 8.73. The van der Waals surface area contributed by atoms with E-state index >= 15 is 0 Å². The van der Waals surface area contributed by atoms with Crippen LogP contribution in [0, 0.1) is 22.0 Å². The quantitative estimate of drug-likeness (QED) is 0.373. The molecule has 0 N–H and O–H groups in total. The van der Waals surface area contributed by atoms with Gasteiger partial charge in [-0.15, -0.1) is 0 Å². The molecule has 1 aliphatic carbocycles. The Morgan fingerprint density at radius 3 is 2.43 bits per heavy atom. The molecule has 4 heteroatoms. The summed E-state index contributed by atoms with van der Waals surface area (Å²) in [5.41, 5.74) is 0. The molecule has 0 spiro atoms. The summed E-state index contributed by atoms with van der Waals surface area (Å²) in [7, 11) is 0. The van der Waals surface area contributed by atoms with E-state index < -0.39 is 6.04 Å². The van der Waals surface area contributed by atoms with Gasteiger partial charge in [-0.05, 0) is 13.3 Å². The third kappa shape index (κ3) is 2.30. The first-order chi connectivity index (χ1) is 6.59. The van der Waals surface area contributed by atoms with Gasteiger partial charge in [0.15, 0.2) is 0 Å². The minimum absolute atomic E-state index is 0.0202. The highest BCUT2D eigenvalue weighted by Gasteiger charge is 2.61. The predicted molar refractivity (Wildman–Crippen MR) is 52.6 cm³/mol. The van der Waals surface area contributed by atoms with Crippen molar-refractivity contribution >= 4 is 5.78 Å². The first-order valence-electron chi connectivity index (χ1n) is 5.23. The van der Waals surface area contributed by atoms with Crippen LogP contribution in [0.15, 0.2) is 0 Å². The molecule has 1 fully saturated rings. The van der Waals surface area contributed by atoms with Gasteiger partial charge in [-0.2, -0.15) is 0 Å². The van der Waals surface area contributed by atoms with Crippen LogP contribution < -0.4 is 0 Å². The standard InChI is InChI=1S/C10H17NO3/c1-3-4-5-6-8-9(7(2)12)10(8)11(13)14/h8-10H,3-6H2,1-2H3/t8-,9+,10+/m0/s1. The molecule has 0 aliphatic heterocycles. The molecule has 0 radical (unpaired) electrons. The van der Waals surface area contributed by atoms with Crippen LogP contribution >= 0.6 is 0 Å². The molecule has 1 saturated carbocycles. The largest absolute Gasteiger partial charge is 0.299 e. The number of carbonyl (C=O) groups excluding carboxylic acids is 1. The first-order valence-corrected chi connectivity index (χ1v) is 5.23. The molecule has 3 atom stereocenters. The molecule has 14 heavy (non-hydrogen) atoms. The fourth-order valence-corrected chi connectivity index (χ4v) is 2.17. The van der Waals surface area contributed by atoms with Gasteiger partial charge in [-0.25, -0.2) is 0 Å². The third-order valence-corrected chi connectivity index (χ3v) is 2.98. The van der Waals surface area contributed by atoms with Crippen LogP contribution in [0.5, 0.6) is 0 Å². The number of hydrogen-bond donors (Lipinski definition) is 0. The van der Waals surface area contributed by atoms with E-state index in [0.29, 0.717) is 0 Å². The van der Waals surface area contributed by atoms with Crippen molar-refractivity contribution in [2.24, 2.45) is 11.8 Å². The molecular weight excluding hydrogens is 182 g/mol. The van der Waals surface area contributed by atoms with Crippen LogP contribution in [0.25, 0.3) is 0 Å². The molecule has 80 valence electrons. The van der Waals surface area contributed by atoms with Crippen LogP contribution in [0.1, 0.15) is 39.5 Å².